The quantitative estimate of drug-likeness (QED) is 0.650. The topological polar surface area (TPSA) is 87.5 Å². The molecule has 7 heteroatoms. The number of carbonyl (C=O) groups excluding carboxylic acids is 1. The highest BCUT2D eigenvalue weighted by Crippen LogP contribution is 2.00. The fourth-order valence-electron chi connectivity index (χ4n) is 1.59. The molecular weight excluding hydrogens is 248 g/mol. The van der Waals surface area contributed by atoms with E-state index in [0.717, 1.165) is 13.0 Å². The molecule has 0 spiro atoms. The normalized spacial score (nSPS) is 10.7. The second-order valence-electron chi connectivity index (χ2n) is 4.50. The molecule has 0 saturated heterocycles. The molecule has 0 bridgehead atoms. The average molecular weight is 268 g/mol. The molecule has 0 unspecified atom stereocenters. The van der Waals surface area contributed by atoms with E-state index in [0.29, 0.717) is 12.2 Å². The lowest BCUT2D eigenvalue weighted by Gasteiger charge is -2.10. The minimum absolute atomic E-state index is 0.0530. The third kappa shape index (κ3) is 5.52. The summed E-state index contributed by atoms with van der Waals surface area (Å²) in [6.07, 6.45) is 2.31. The van der Waals surface area contributed by atoms with Crippen molar-refractivity contribution in [2.75, 3.05) is 27.2 Å². The molecule has 0 radical (unpaired) electrons. The molecule has 0 atom stereocenters. The molecule has 1 rings (SSSR count). The number of carboxylic acid groups (broad SMARTS) is 1. The number of nitrogens with one attached hydrogen (secondary N) is 1. The second-order valence-corrected chi connectivity index (χ2v) is 4.50. The lowest BCUT2D eigenvalue weighted by molar-refractivity contribution is -0.137. The first kappa shape index (κ1) is 15.2. The van der Waals surface area contributed by atoms with Crippen LogP contribution in [0.25, 0.3) is 0 Å². The molecule has 2 N–H and O–H groups in total. The van der Waals surface area contributed by atoms with Crippen LogP contribution in [0, 0.1) is 0 Å². The fraction of sp³-hybridized carbons (Fsp3) is 0.583. The molecule has 0 aliphatic rings. The summed E-state index contributed by atoms with van der Waals surface area (Å²) in [4.78, 5) is 24.4. The van der Waals surface area contributed by atoms with Crippen LogP contribution in [0.5, 0.6) is 0 Å². The van der Waals surface area contributed by atoms with Gasteiger partial charge in [-0.15, -0.1) is 0 Å². The summed E-state index contributed by atoms with van der Waals surface area (Å²) in [5.74, 6) is -1.13. The lowest BCUT2D eigenvalue weighted by Crippen LogP contribution is -2.29. The number of amides is 1. The summed E-state index contributed by atoms with van der Waals surface area (Å²) in [5, 5.41) is 15.4. The Labute approximate surface area is 112 Å². The first-order valence-electron chi connectivity index (χ1n) is 6.17. The molecule has 1 heterocycles. The molecule has 0 fully saturated rings. The van der Waals surface area contributed by atoms with Gasteiger partial charge in [0, 0.05) is 12.7 Å². The zero-order valence-corrected chi connectivity index (χ0v) is 11.3. The van der Waals surface area contributed by atoms with Crippen LogP contribution in [0.2, 0.25) is 0 Å². The summed E-state index contributed by atoms with van der Waals surface area (Å²) in [7, 11) is 3.95. The summed E-state index contributed by atoms with van der Waals surface area (Å²) >= 11 is 0. The van der Waals surface area contributed by atoms with Crippen molar-refractivity contribution in [2.24, 2.45) is 0 Å². The molecule has 0 saturated carbocycles. The molecule has 0 aliphatic heterocycles. The Morgan fingerprint density at radius 1 is 1.47 bits per heavy atom. The highest BCUT2D eigenvalue weighted by Gasteiger charge is 2.12. The van der Waals surface area contributed by atoms with E-state index in [1.807, 2.05) is 19.0 Å². The minimum atomic E-state index is -0.909. The summed E-state index contributed by atoms with van der Waals surface area (Å²) in [6.45, 7) is 1.68. The number of hydrogen-bond acceptors (Lipinski definition) is 4. The summed E-state index contributed by atoms with van der Waals surface area (Å²) in [6, 6.07) is 1.59. The maximum Gasteiger partial charge on any atom is 0.305 e. The van der Waals surface area contributed by atoms with E-state index in [1.165, 1.54) is 10.9 Å². The van der Waals surface area contributed by atoms with Crippen molar-refractivity contribution in [2.45, 2.75) is 19.4 Å². The van der Waals surface area contributed by atoms with Crippen LogP contribution in [-0.2, 0) is 11.3 Å². The number of carboxylic acids is 1. The van der Waals surface area contributed by atoms with Crippen molar-refractivity contribution in [1.82, 2.24) is 20.0 Å². The van der Waals surface area contributed by atoms with Gasteiger partial charge in [-0.05, 0) is 33.1 Å². The van der Waals surface area contributed by atoms with E-state index in [1.54, 1.807) is 6.07 Å². The number of hydrogen-bond donors (Lipinski definition) is 2. The Hall–Kier alpha value is -1.89. The highest BCUT2D eigenvalue weighted by molar-refractivity contribution is 5.92. The van der Waals surface area contributed by atoms with Gasteiger partial charge in [-0.2, -0.15) is 5.10 Å². The Kier molecular flexibility index (Phi) is 6.01. The van der Waals surface area contributed by atoms with Crippen LogP contribution in [0.15, 0.2) is 12.3 Å². The summed E-state index contributed by atoms with van der Waals surface area (Å²) in [5.41, 5.74) is 0.395. The Morgan fingerprint density at radius 2 is 2.21 bits per heavy atom. The lowest BCUT2D eigenvalue weighted by atomic mass is 10.3. The van der Waals surface area contributed by atoms with E-state index in [-0.39, 0.29) is 18.9 Å². The number of aromatic nitrogens is 2. The Balaban J connectivity index is 2.43. The van der Waals surface area contributed by atoms with Gasteiger partial charge in [0.05, 0.1) is 13.0 Å². The average Bonchev–Trinajstić information content (AvgIpc) is 2.79. The van der Waals surface area contributed by atoms with Gasteiger partial charge in [-0.3, -0.25) is 14.3 Å². The number of aryl methyl sites for hydroxylation is 1. The number of rotatable bonds is 8. The molecule has 0 aliphatic carbocycles. The van der Waals surface area contributed by atoms with Crippen LogP contribution in [0.3, 0.4) is 0 Å². The van der Waals surface area contributed by atoms with Crippen LogP contribution < -0.4 is 5.32 Å². The van der Waals surface area contributed by atoms with Crippen molar-refractivity contribution < 1.29 is 14.7 Å². The van der Waals surface area contributed by atoms with Crippen molar-refractivity contribution >= 4 is 11.9 Å². The molecule has 1 amide bonds. The van der Waals surface area contributed by atoms with Gasteiger partial charge in [0.15, 0.2) is 0 Å². The van der Waals surface area contributed by atoms with Crippen molar-refractivity contribution in [3.8, 4) is 0 Å². The van der Waals surface area contributed by atoms with E-state index >= 15 is 0 Å². The van der Waals surface area contributed by atoms with Gasteiger partial charge in [-0.25, -0.2) is 0 Å². The first-order chi connectivity index (χ1) is 9.00. The van der Waals surface area contributed by atoms with Crippen molar-refractivity contribution in [3.05, 3.63) is 18.0 Å². The minimum Gasteiger partial charge on any atom is -0.481 e. The zero-order chi connectivity index (χ0) is 14.3. The number of aliphatic carboxylic acids is 1. The third-order valence-corrected chi connectivity index (χ3v) is 2.55. The van der Waals surface area contributed by atoms with Crippen LogP contribution in [-0.4, -0.2) is 58.8 Å². The third-order valence-electron chi connectivity index (χ3n) is 2.55. The monoisotopic (exact) mass is 268 g/mol. The number of nitrogens with zero attached hydrogens (tertiary/aromatic N) is 3. The van der Waals surface area contributed by atoms with E-state index in [4.69, 9.17) is 5.11 Å². The predicted molar refractivity (Wildman–Crippen MR) is 70.0 cm³/mol. The Bertz CT molecular complexity index is 428. The van der Waals surface area contributed by atoms with E-state index in [2.05, 4.69) is 10.4 Å². The largest absolute Gasteiger partial charge is 0.481 e. The van der Waals surface area contributed by atoms with Crippen LogP contribution >= 0.6 is 0 Å². The highest BCUT2D eigenvalue weighted by atomic mass is 16.4. The second kappa shape index (κ2) is 7.52. The van der Waals surface area contributed by atoms with Crippen molar-refractivity contribution in [3.63, 3.8) is 0 Å². The number of carbonyl (C=O) groups is 2. The van der Waals surface area contributed by atoms with E-state index < -0.39 is 5.97 Å². The SMILES string of the molecule is CN(C)CCCNC(=O)c1ccnn1CCC(=O)O. The molecule has 19 heavy (non-hydrogen) atoms. The predicted octanol–water partition coefficient (Wildman–Crippen LogP) is 0.0393. The van der Waals surface area contributed by atoms with Gasteiger partial charge in [-0.1, -0.05) is 0 Å². The molecule has 106 valence electrons. The molecular formula is C12H20N4O3. The van der Waals surface area contributed by atoms with Gasteiger partial charge >= 0.3 is 5.97 Å². The first-order valence-corrected chi connectivity index (χ1v) is 6.17. The fourth-order valence-corrected chi connectivity index (χ4v) is 1.59. The van der Waals surface area contributed by atoms with Crippen LogP contribution in [0.4, 0.5) is 0 Å². The molecule has 1 aromatic rings. The smallest absolute Gasteiger partial charge is 0.305 e. The maximum absolute atomic E-state index is 11.9. The van der Waals surface area contributed by atoms with Crippen molar-refractivity contribution in [1.29, 1.82) is 0 Å². The van der Waals surface area contributed by atoms with Gasteiger partial charge < -0.3 is 15.3 Å². The Morgan fingerprint density at radius 3 is 2.84 bits per heavy atom. The van der Waals surface area contributed by atoms with Gasteiger partial charge in [0.2, 0.25) is 0 Å². The van der Waals surface area contributed by atoms with Crippen LogP contribution in [0.1, 0.15) is 23.3 Å². The summed E-state index contributed by atoms with van der Waals surface area (Å²) < 4.78 is 1.41. The van der Waals surface area contributed by atoms with Gasteiger partial charge in [0.1, 0.15) is 5.69 Å². The van der Waals surface area contributed by atoms with E-state index in [9.17, 15) is 9.59 Å². The standard InChI is InChI=1S/C12H20N4O3/c1-15(2)8-3-6-13-12(19)10-4-7-14-16(10)9-5-11(17)18/h4,7H,3,5-6,8-9H2,1-2H3,(H,13,19)(H,17,18). The maximum atomic E-state index is 11.9. The molecule has 0 aromatic carbocycles. The molecule has 7 nitrogen and oxygen atoms in total. The van der Waals surface area contributed by atoms with Gasteiger partial charge in [0.25, 0.3) is 5.91 Å². The molecule has 1 aromatic heterocycles. The zero-order valence-electron chi connectivity index (χ0n) is 11.3.